The van der Waals surface area contributed by atoms with Crippen molar-refractivity contribution in [1.82, 2.24) is 0 Å². The molecule has 1 unspecified atom stereocenters. The highest BCUT2D eigenvalue weighted by atomic mass is 31.2. The number of aliphatic hydroxyl groups is 5. The summed E-state index contributed by atoms with van der Waals surface area (Å²) in [7, 11) is -4.69. The van der Waals surface area contributed by atoms with Crippen molar-refractivity contribution < 1.29 is 63.1 Å². The van der Waals surface area contributed by atoms with Crippen LogP contribution in [0.25, 0.3) is 0 Å². The second-order valence-electron chi connectivity index (χ2n) is 15.0. The third-order valence-electron chi connectivity index (χ3n) is 9.73. The number of rotatable bonds is 35. The minimum absolute atomic E-state index is 0.0579. The fourth-order valence-corrected chi connectivity index (χ4v) is 7.14. The number of hydrogen-bond donors (Lipinski definition) is 6. The molecule has 13 nitrogen and oxygen atoms in total. The quantitative estimate of drug-likeness (QED) is 0.0158. The average Bonchev–Trinajstić information content (AvgIpc) is 3.47. The Bertz CT molecular complexity index is 1270. The van der Waals surface area contributed by atoms with Crippen LogP contribution in [0.1, 0.15) is 136 Å². The summed E-state index contributed by atoms with van der Waals surface area (Å²) in [6.07, 6.45) is 30.0. The minimum atomic E-state index is -4.69. The van der Waals surface area contributed by atoms with Crippen molar-refractivity contribution in [1.29, 1.82) is 0 Å². The number of ether oxygens (including phenoxy) is 2. The third-order valence-corrected chi connectivity index (χ3v) is 10.7. The van der Waals surface area contributed by atoms with Gasteiger partial charge in [-0.25, -0.2) is 4.57 Å². The number of allylic oxidation sites excluding steroid dienone is 8. The molecule has 1 aliphatic carbocycles. The number of phosphoric ester groups is 1. The van der Waals surface area contributed by atoms with Gasteiger partial charge in [-0.05, 0) is 70.1 Å². The molecule has 0 spiro atoms. The molecule has 0 aromatic rings. The molecule has 0 aromatic carbocycles. The van der Waals surface area contributed by atoms with E-state index in [9.17, 15) is 39.5 Å². The predicted octanol–water partition coefficient (Wildman–Crippen LogP) is 7.49. The first-order chi connectivity index (χ1) is 27.9. The van der Waals surface area contributed by atoms with Crippen LogP contribution in [-0.4, -0.2) is 99.3 Å². The molecule has 58 heavy (non-hydrogen) atoms. The Labute approximate surface area is 347 Å². The molecule has 1 saturated carbocycles. The predicted molar refractivity (Wildman–Crippen MR) is 225 cm³/mol. The Morgan fingerprint density at radius 3 is 2.10 bits per heavy atom. The van der Waals surface area contributed by atoms with Crippen LogP contribution in [0.4, 0.5) is 0 Å². The molecule has 0 heterocycles. The normalized spacial score (nSPS) is 21.4. The molecule has 0 saturated heterocycles. The third kappa shape index (κ3) is 28.1. The summed E-state index contributed by atoms with van der Waals surface area (Å²) in [5, 5.41) is 49.6. The summed E-state index contributed by atoms with van der Waals surface area (Å²) in [6.45, 7) is 1.85. The second-order valence-corrected chi connectivity index (χ2v) is 16.4. The molecule has 1 rings (SSSR count). The van der Waals surface area contributed by atoms with Gasteiger partial charge in [-0.1, -0.05) is 113 Å². The zero-order valence-electron chi connectivity index (χ0n) is 35.1. The molecule has 8 atom stereocenters. The van der Waals surface area contributed by atoms with Crippen molar-refractivity contribution in [2.75, 3.05) is 26.4 Å². The second kappa shape index (κ2) is 34.3. The summed E-state index contributed by atoms with van der Waals surface area (Å²) < 4.78 is 32.6. The summed E-state index contributed by atoms with van der Waals surface area (Å²) in [6, 6.07) is 0. The Balaban J connectivity index is 2.50. The monoisotopic (exact) mass is 842 g/mol. The average molecular weight is 843 g/mol. The van der Waals surface area contributed by atoms with Crippen LogP contribution < -0.4 is 0 Å². The van der Waals surface area contributed by atoms with Crippen LogP contribution in [0.3, 0.4) is 0 Å². The Hall–Kier alpha value is -2.45. The summed E-state index contributed by atoms with van der Waals surface area (Å²) in [5.41, 5.74) is 0. The maximum absolute atomic E-state index is 12.6. The largest absolute Gasteiger partial charge is 0.472 e. The van der Waals surface area contributed by atoms with Crippen LogP contribution in [0, 0.1) is 11.8 Å². The van der Waals surface area contributed by atoms with Gasteiger partial charge in [0.15, 0.2) is 6.10 Å². The van der Waals surface area contributed by atoms with Gasteiger partial charge >= 0.3 is 19.8 Å². The van der Waals surface area contributed by atoms with Gasteiger partial charge in [0, 0.05) is 25.2 Å². The van der Waals surface area contributed by atoms with Gasteiger partial charge in [-0.3, -0.25) is 18.6 Å². The number of esters is 2. The molecular formula is C44H75O13P. The van der Waals surface area contributed by atoms with Crippen LogP contribution in [0.5, 0.6) is 0 Å². The van der Waals surface area contributed by atoms with Gasteiger partial charge in [0.05, 0.1) is 38.1 Å². The van der Waals surface area contributed by atoms with Crippen molar-refractivity contribution >= 4 is 19.8 Å². The van der Waals surface area contributed by atoms with Gasteiger partial charge in [-0.15, -0.1) is 0 Å². The molecule has 0 radical (unpaired) electrons. The van der Waals surface area contributed by atoms with Crippen molar-refractivity contribution in [3.8, 4) is 0 Å². The first-order valence-electron chi connectivity index (χ1n) is 21.5. The number of aliphatic hydroxyl groups excluding tert-OH is 5. The van der Waals surface area contributed by atoms with E-state index >= 15 is 0 Å². The maximum atomic E-state index is 12.6. The van der Waals surface area contributed by atoms with E-state index in [1.165, 1.54) is 0 Å². The summed E-state index contributed by atoms with van der Waals surface area (Å²) in [5.74, 6) is -1.59. The fourth-order valence-electron chi connectivity index (χ4n) is 6.35. The van der Waals surface area contributed by atoms with Crippen LogP contribution in [-0.2, 0) is 32.7 Å². The van der Waals surface area contributed by atoms with E-state index in [2.05, 4.69) is 54.8 Å². The number of unbranched alkanes of at least 4 members (excludes halogenated alkanes) is 8. The Morgan fingerprint density at radius 2 is 1.38 bits per heavy atom. The molecule has 1 fully saturated rings. The van der Waals surface area contributed by atoms with E-state index in [1.54, 1.807) is 6.08 Å². The molecule has 0 bridgehead atoms. The summed E-state index contributed by atoms with van der Waals surface area (Å²) >= 11 is 0. The molecular weight excluding hydrogens is 767 g/mol. The molecule has 1 aliphatic rings. The SMILES string of the molecule is CC/C=C\C/C=C\C/C=C\CCCCCCCC(=O)O[C@H](COC(=O)CCC/C=C/C[C@@H]1[C@@H](/C=C/[C@@H](O)CCCCC)[C@H](O)C[C@@H]1O)COP(=O)(O)OC[C@@H](O)CO. The highest BCUT2D eigenvalue weighted by Gasteiger charge is 2.39. The number of carbonyl (C=O) groups excluding carboxylic acids is 2. The first kappa shape index (κ1) is 53.6. The van der Waals surface area contributed by atoms with E-state index in [0.717, 1.165) is 70.6 Å². The molecule has 334 valence electrons. The van der Waals surface area contributed by atoms with Gasteiger partial charge in [-0.2, -0.15) is 0 Å². The number of hydrogen-bond acceptors (Lipinski definition) is 12. The smallest absolute Gasteiger partial charge is 0.462 e. The highest BCUT2D eigenvalue weighted by Crippen LogP contribution is 2.43. The van der Waals surface area contributed by atoms with Crippen molar-refractivity contribution in [2.45, 2.75) is 166 Å². The van der Waals surface area contributed by atoms with Crippen molar-refractivity contribution in [2.24, 2.45) is 11.8 Å². The van der Waals surface area contributed by atoms with E-state index < -0.39 is 76.7 Å². The zero-order chi connectivity index (χ0) is 42.9. The van der Waals surface area contributed by atoms with Gasteiger partial charge in [0.2, 0.25) is 0 Å². The van der Waals surface area contributed by atoms with E-state index in [-0.39, 0.29) is 31.1 Å². The van der Waals surface area contributed by atoms with Gasteiger partial charge < -0.3 is 39.9 Å². The lowest BCUT2D eigenvalue weighted by molar-refractivity contribution is -0.161. The van der Waals surface area contributed by atoms with Crippen molar-refractivity contribution in [3.63, 3.8) is 0 Å². The first-order valence-corrected chi connectivity index (χ1v) is 23.0. The number of phosphoric acid groups is 1. The standard InChI is InChI=1S/C44H75O13P/c1-3-5-7-8-9-10-11-12-13-14-15-16-17-18-24-28-44(51)57-38(35-56-58(52,53)55-33-37(47)32-45)34-54-43(50)27-23-20-19-22-26-39-40(42(49)31-41(39)48)30-29-36(46)25-21-6-4-2/h5,7,9-10,12-13,19,22,29-30,36-42,45-49H,3-4,6,8,11,14-18,20-21,23-28,31-35H2,1-2H3,(H,52,53)/b7-5-,10-9-,13-12-,22-19+,30-29+/t36-,37-,38+,39+,40+,41-,42+/m0/s1. The van der Waals surface area contributed by atoms with E-state index in [4.69, 9.17) is 19.1 Å². The molecule has 0 amide bonds. The molecule has 14 heteroatoms. The molecule has 6 N–H and O–H groups in total. The van der Waals surface area contributed by atoms with E-state index in [1.807, 2.05) is 18.2 Å². The molecule has 0 aliphatic heterocycles. The Morgan fingerprint density at radius 1 is 0.741 bits per heavy atom. The maximum Gasteiger partial charge on any atom is 0.472 e. The fraction of sp³-hybridized carbons (Fsp3) is 0.727. The van der Waals surface area contributed by atoms with Gasteiger partial charge in [0.25, 0.3) is 0 Å². The van der Waals surface area contributed by atoms with E-state index in [0.29, 0.717) is 32.1 Å². The lowest BCUT2D eigenvalue weighted by Gasteiger charge is -2.20. The van der Waals surface area contributed by atoms with Crippen molar-refractivity contribution in [3.05, 3.63) is 60.8 Å². The topological polar surface area (TPSA) is 210 Å². The molecule has 0 aromatic heterocycles. The number of carbonyl (C=O) groups is 2. The minimum Gasteiger partial charge on any atom is -0.462 e. The van der Waals surface area contributed by atoms with Gasteiger partial charge in [0.1, 0.15) is 12.7 Å². The van der Waals surface area contributed by atoms with Crippen LogP contribution >= 0.6 is 7.82 Å². The summed E-state index contributed by atoms with van der Waals surface area (Å²) in [4.78, 5) is 35.1. The Kier molecular flexibility index (Phi) is 31.7. The van der Waals surface area contributed by atoms with Crippen LogP contribution in [0.15, 0.2) is 60.8 Å². The van der Waals surface area contributed by atoms with Crippen LogP contribution in [0.2, 0.25) is 0 Å². The zero-order valence-corrected chi connectivity index (χ0v) is 36.0. The lowest BCUT2D eigenvalue weighted by Crippen LogP contribution is -2.29. The highest BCUT2D eigenvalue weighted by molar-refractivity contribution is 7.47. The lowest BCUT2D eigenvalue weighted by atomic mass is 9.89.